The molecule has 2 rings (SSSR count). The first-order valence-corrected chi connectivity index (χ1v) is 8.04. The minimum absolute atomic E-state index is 0.0923. The van der Waals surface area contributed by atoms with Gasteiger partial charge in [0.2, 0.25) is 10.0 Å². The summed E-state index contributed by atoms with van der Waals surface area (Å²) >= 11 is 3.15. The molecular weight excluding hydrogens is 387 g/mol. The molecule has 0 spiro atoms. The fourth-order valence-electron chi connectivity index (χ4n) is 1.55. The molecule has 0 unspecified atom stereocenters. The summed E-state index contributed by atoms with van der Waals surface area (Å²) in [5.74, 6) is 0.178. The Hall–Kier alpha value is -1.65. The summed E-state index contributed by atoms with van der Waals surface area (Å²) in [6.45, 7) is 0. The second-order valence-corrected chi connectivity index (χ2v) is 6.66. The van der Waals surface area contributed by atoms with E-state index >= 15 is 0 Å². The van der Waals surface area contributed by atoms with E-state index in [-0.39, 0.29) is 10.7 Å². The number of aromatic nitrogens is 1. The summed E-state index contributed by atoms with van der Waals surface area (Å²) in [6, 6.07) is 6.03. The van der Waals surface area contributed by atoms with Gasteiger partial charge in [0, 0.05) is 10.7 Å². The van der Waals surface area contributed by atoms with E-state index in [1.807, 2.05) is 0 Å². The van der Waals surface area contributed by atoms with Crippen LogP contribution in [0.3, 0.4) is 0 Å². The van der Waals surface area contributed by atoms with Crippen LogP contribution >= 0.6 is 15.9 Å². The molecule has 10 heteroatoms. The maximum Gasteiger partial charge on any atom is 0.417 e. The summed E-state index contributed by atoms with van der Waals surface area (Å²) in [7, 11) is -3.84. The highest BCUT2D eigenvalue weighted by Gasteiger charge is 2.30. The maximum absolute atomic E-state index is 12.4. The Labute approximate surface area is 132 Å². The van der Waals surface area contributed by atoms with Crippen LogP contribution in [-0.2, 0) is 16.2 Å². The number of nitrogens with two attached hydrogens (primary N) is 1. The molecule has 1 heterocycles. The molecule has 0 amide bonds. The second-order valence-electron chi connectivity index (χ2n) is 4.24. The molecule has 0 atom stereocenters. The van der Waals surface area contributed by atoms with Crippen molar-refractivity contribution in [2.45, 2.75) is 11.1 Å². The van der Waals surface area contributed by atoms with Gasteiger partial charge in [0.15, 0.2) is 0 Å². The zero-order chi connectivity index (χ0) is 16.5. The Morgan fingerprint density at radius 2 is 1.86 bits per heavy atom. The first kappa shape index (κ1) is 16.7. The Balaban J connectivity index is 2.24. The van der Waals surface area contributed by atoms with Crippen LogP contribution in [0.4, 0.5) is 24.7 Å². The predicted octanol–water partition coefficient (Wildman–Crippen LogP) is 3.25. The average molecular weight is 396 g/mol. The van der Waals surface area contributed by atoms with Gasteiger partial charge in [0.05, 0.1) is 16.1 Å². The Morgan fingerprint density at radius 1 is 1.18 bits per heavy atom. The van der Waals surface area contributed by atoms with E-state index < -0.39 is 21.8 Å². The molecule has 0 aliphatic heterocycles. The van der Waals surface area contributed by atoms with Gasteiger partial charge in [0.1, 0.15) is 5.82 Å². The molecule has 0 aliphatic carbocycles. The van der Waals surface area contributed by atoms with Crippen LogP contribution in [0.1, 0.15) is 5.56 Å². The second kappa shape index (κ2) is 5.86. The van der Waals surface area contributed by atoms with Gasteiger partial charge in [-0.15, -0.1) is 0 Å². The summed E-state index contributed by atoms with van der Waals surface area (Å²) in [5.41, 5.74) is -0.429. The van der Waals surface area contributed by atoms with E-state index in [0.29, 0.717) is 16.4 Å². The topological polar surface area (TPSA) is 85.1 Å². The first-order valence-electron chi connectivity index (χ1n) is 5.70. The minimum Gasteiger partial charge on any atom is -0.339 e. The van der Waals surface area contributed by atoms with Crippen molar-refractivity contribution in [3.8, 4) is 0 Å². The van der Waals surface area contributed by atoms with E-state index in [9.17, 15) is 21.6 Å². The number of rotatable bonds is 3. The maximum atomic E-state index is 12.4. The SMILES string of the molecule is NS(=O)(=O)c1ccc(Nc2ccc(C(F)(F)F)cn2)c(Br)c1. The summed E-state index contributed by atoms with van der Waals surface area (Å²) < 4.78 is 60.1. The van der Waals surface area contributed by atoms with Crippen molar-refractivity contribution in [3.05, 3.63) is 46.6 Å². The largest absolute Gasteiger partial charge is 0.417 e. The van der Waals surface area contributed by atoms with Crippen LogP contribution in [0.15, 0.2) is 45.9 Å². The van der Waals surface area contributed by atoms with Crippen molar-refractivity contribution in [2.75, 3.05) is 5.32 Å². The highest BCUT2D eigenvalue weighted by Crippen LogP contribution is 2.31. The number of nitrogens with one attached hydrogen (secondary N) is 1. The Bertz CT molecular complexity index is 792. The van der Waals surface area contributed by atoms with Crippen molar-refractivity contribution in [1.29, 1.82) is 0 Å². The molecule has 0 fully saturated rings. The predicted molar refractivity (Wildman–Crippen MR) is 78.0 cm³/mol. The molecule has 1 aromatic carbocycles. The van der Waals surface area contributed by atoms with Gasteiger partial charge < -0.3 is 5.32 Å². The van der Waals surface area contributed by atoms with Gasteiger partial charge in [0.25, 0.3) is 0 Å². The number of halogens is 4. The number of nitrogens with zero attached hydrogens (tertiary/aromatic N) is 1. The number of hydrogen-bond donors (Lipinski definition) is 2. The third kappa shape index (κ3) is 3.96. The van der Waals surface area contributed by atoms with Crippen molar-refractivity contribution < 1.29 is 21.6 Å². The first-order chi connectivity index (χ1) is 10.1. The zero-order valence-corrected chi connectivity index (χ0v) is 13.1. The number of benzene rings is 1. The highest BCUT2D eigenvalue weighted by molar-refractivity contribution is 9.10. The zero-order valence-electron chi connectivity index (χ0n) is 10.7. The summed E-state index contributed by atoms with van der Waals surface area (Å²) in [5, 5.41) is 7.77. The van der Waals surface area contributed by atoms with E-state index in [0.717, 1.165) is 6.07 Å². The van der Waals surface area contributed by atoms with Gasteiger partial charge in [-0.2, -0.15) is 13.2 Å². The number of sulfonamides is 1. The molecule has 3 N–H and O–H groups in total. The van der Waals surface area contributed by atoms with Crippen LogP contribution in [0.2, 0.25) is 0 Å². The standard InChI is InChI=1S/C12H9BrF3N3O2S/c13-9-5-8(22(17,20)21)2-3-10(9)19-11-4-1-7(6-18-11)12(14,15)16/h1-6H,(H,18,19)(H2,17,20,21). The third-order valence-corrected chi connectivity index (χ3v) is 4.19. The summed E-state index contributed by atoms with van der Waals surface area (Å²) in [4.78, 5) is 3.57. The van der Waals surface area contributed by atoms with Crippen molar-refractivity contribution >= 4 is 37.5 Å². The van der Waals surface area contributed by atoms with E-state index in [1.165, 1.54) is 24.3 Å². The number of pyridine rings is 1. The lowest BCUT2D eigenvalue weighted by Gasteiger charge is -2.10. The molecular formula is C12H9BrF3N3O2S. The van der Waals surface area contributed by atoms with E-state index in [2.05, 4.69) is 26.2 Å². The van der Waals surface area contributed by atoms with Crippen LogP contribution in [-0.4, -0.2) is 13.4 Å². The smallest absolute Gasteiger partial charge is 0.339 e. The Morgan fingerprint density at radius 3 is 2.32 bits per heavy atom. The van der Waals surface area contributed by atoms with E-state index in [4.69, 9.17) is 5.14 Å². The molecule has 0 saturated carbocycles. The number of anilines is 2. The highest BCUT2D eigenvalue weighted by atomic mass is 79.9. The van der Waals surface area contributed by atoms with Crippen LogP contribution in [0.5, 0.6) is 0 Å². The summed E-state index contributed by atoms with van der Waals surface area (Å²) in [6.07, 6.45) is -3.75. The molecule has 118 valence electrons. The molecule has 0 radical (unpaired) electrons. The molecule has 0 saturated heterocycles. The van der Waals surface area contributed by atoms with Crippen LogP contribution in [0, 0.1) is 0 Å². The molecule has 0 aliphatic rings. The molecule has 2 aromatic rings. The fraction of sp³-hybridized carbons (Fsp3) is 0.0833. The minimum atomic E-state index is -4.46. The molecule has 5 nitrogen and oxygen atoms in total. The quantitative estimate of drug-likeness (QED) is 0.834. The number of hydrogen-bond acceptors (Lipinski definition) is 4. The Kier molecular flexibility index (Phi) is 4.45. The van der Waals surface area contributed by atoms with E-state index in [1.54, 1.807) is 0 Å². The normalized spacial score (nSPS) is 12.2. The third-order valence-electron chi connectivity index (χ3n) is 2.62. The fourth-order valence-corrected chi connectivity index (χ4v) is 2.72. The van der Waals surface area contributed by atoms with Gasteiger partial charge in [-0.3, -0.25) is 0 Å². The molecule has 0 bridgehead atoms. The lowest BCUT2D eigenvalue weighted by atomic mass is 10.2. The lowest BCUT2D eigenvalue weighted by Crippen LogP contribution is -2.12. The molecule has 22 heavy (non-hydrogen) atoms. The van der Waals surface area contributed by atoms with Gasteiger partial charge in [-0.1, -0.05) is 0 Å². The van der Waals surface area contributed by atoms with Crippen molar-refractivity contribution in [3.63, 3.8) is 0 Å². The van der Waals surface area contributed by atoms with Gasteiger partial charge in [-0.05, 0) is 46.3 Å². The average Bonchev–Trinajstić information content (AvgIpc) is 2.39. The lowest BCUT2D eigenvalue weighted by molar-refractivity contribution is -0.137. The monoisotopic (exact) mass is 395 g/mol. The van der Waals surface area contributed by atoms with Crippen LogP contribution in [0.25, 0.3) is 0 Å². The molecule has 1 aromatic heterocycles. The van der Waals surface area contributed by atoms with Crippen molar-refractivity contribution in [1.82, 2.24) is 4.98 Å². The number of alkyl halides is 3. The van der Waals surface area contributed by atoms with Crippen LogP contribution < -0.4 is 10.5 Å². The van der Waals surface area contributed by atoms with Gasteiger partial charge >= 0.3 is 6.18 Å². The van der Waals surface area contributed by atoms with Gasteiger partial charge in [-0.25, -0.2) is 18.5 Å². The van der Waals surface area contributed by atoms with Crippen molar-refractivity contribution in [2.24, 2.45) is 5.14 Å². The number of primary sulfonamides is 1.